The van der Waals surface area contributed by atoms with Crippen LogP contribution in [0.4, 0.5) is 5.69 Å². The number of nitrogens with one attached hydrogen (secondary N) is 1. The molecule has 1 aliphatic carbocycles. The summed E-state index contributed by atoms with van der Waals surface area (Å²) in [6.45, 7) is 2.38. The third kappa shape index (κ3) is 7.53. The van der Waals surface area contributed by atoms with Crippen molar-refractivity contribution >= 4 is 21.4 Å². The first-order valence-electron chi connectivity index (χ1n) is 10.2. The van der Waals surface area contributed by atoms with Gasteiger partial charge in [0.25, 0.3) is 0 Å². The van der Waals surface area contributed by atoms with Gasteiger partial charge in [-0.3, -0.25) is 4.79 Å². The Hall–Kier alpha value is -1.56. The largest absolute Gasteiger partial charge is 0.372 e. The summed E-state index contributed by atoms with van der Waals surface area (Å²) in [5.74, 6) is -0.745. The fraction of sp³-hybridized carbons (Fsp3) is 0.667. The van der Waals surface area contributed by atoms with Crippen LogP contribution < -0.4 is 10.2 Å². The van der Waals surface area contributed by atoms with Gasteiger partial charge in [0.2, 0.25) is 5.91 Å². The highest BCUT2D eigenvalue weighted by atomic mass is 32.2. The summed E-state index contributed by atoms with van der Waals surface area (Å²) < 4.78 is 23.9. The van der Waals surface area contributed by atoms with Gasteiger partial charge in [-0.1, -0.05) is 51.2 Å². The Kier molecular flexibility index (Phi) is 8.61. The van der Waals surface area contributed by atoms with Crippen molar-refractivity contribution in [3.8, 4) is 0 Å². The number of unbranched alkanes of at least 4 members (excludes halogenated alkanes) is 2. The quantitative estimate of drug-likeness (QED) is 0.615. The van der Waals surface area contributed by atoms with Crippen LogP contribution in [-0.4, -0.2) is 38.9 Å². The highest BCUT2D eigenvalue weighted by Gasteiger charge is 2.18. The van der Waals surface area contributed by atoms with Crippen molar-refractivity contribution in [3.05, 3.63) is 29.8 Å². The minimum atomic E-state index is -3.31. The Balaban J connectivity index is 1.79. The zero-order chi connectivity index (χ0) is 19.7. The molecule has 5 nitrogen and oxygen atoms in total. The third-order valence-corrected chi connectivity index (χ3v) is 6.98. The highest BCUT2D eigenvalue weighted by molar-refractivity contribution is 7.92. The van der Waals surface area contributed by atoms with Crippen molar-refractivity contribution in [2.75, 3.05) is 23.5 Å². The first-order valence-corrected chi connectivity index (χ1v) is 12.0. The van der Waals surface area contributed by atoms with E-state index < -0.39 is 21.5 Å². The zero-order valence-corrected chi connectivity index (χ0v) is 17.6. The van der Waals surface area contributed by atoms with Crippen molar-refractivity contribution < 1.29 is 13.2 Å². The van der Waals surface area contributed by atoms with Crippen molar-refractivity contribution in [1.82, 2.24) is 5.32 Å². The summed E-state index contributed by atoms with van der Waals surface area (Å²) in [6, 6.07) is 8.78. The van der Waals surface area contributed by atoms with Gasteiger partial charge in [-0.15, -0.1) is 0 Å². The molecule has 0 unspecified atom stereocenters. The summed E-state index contributed by atoms with van der Waals surface area (Å²) in [5.41, 5.74) is 2.17. The Labute approximate surface area is 164 Å². The highest BCUT2D eigenvalue weighted by Crippen LogP contribution is 2.26. The Morgan fingerprint density at radius 1 is 1.11 bits per heavy atom. The second-order valence-electron chi connectivity index (χ2n) is 7.65. The number of carbonyl (C=O) groups is 1. The number of hydrogen-bond acceptors (Lipinski definition) is 4. The molecule has 0 radical (unpaired) electrons. The average molecular weight is 395 g/mol. The first-order chi connectivity index (χ1) is 12.9. The molecule has 1 N–H and O–H groups in total. The van der Waals surface area contributed by atoms with Gasteiger partial charge >= 0.3 is 0 Å². The molecule has 1 aromatic carbocycles. The van der Waals surface area contributed by atoms with E-state index in [2.05, 4.69) is 29.4 Å². The van der Waals surface area contributed by atoms with Gasteiger partial charge in [0.05, 0.1) is 5.75 Å². The van der Waals surface area contributed by atoms with Crippen LogP contribution in [0.25, 0.3) is 0 Å². The van der Waals surface area contributed by atoms with Gasteiger partial charge in [0, 0.05) is 25.3 Å². The maximum atomic E-state index is 11.9. The van der Waals surface area contributed by atoms with Crippen LogP contribution in [-0.2, 0) is 21.2 Å². The molecule has 0 atom stereocenters. The van der Waals surface area contributed by atoms with E-state index >= 15 is 0 Å². The fourth-order valence-corrected chi connectivity index (χ4v) is 4.91. The normalized spacial score (nSPS) is 15.5. The molecule has 1 aromatic rings. The van der Waals surface area contributed by atoms with E-state index in [-0.39, 0.29) is 5.75 Å². The third-order valence-electron chi connectivity index (χ3n) is 5.37. The standard InChI is InChI=1S/C21H34N2O3S/c1-3-4-8-15-27(25,26)17-21(24)22-16-18-11-13-20(14-12-18)23(2)19-9-6-5-7-10-19/h11-14,19H,3-10,15-17H2,1-2H3,(H,22,24). The van der Waals surface area contributed by atoms with Gasteiger partial charge in [-0.05, 0) is 37.0 Å². The molecular weight excluding hydrogens is 360 g/mol. The van der Waals surface area contributed by atoms with Crippen LogP contribution in [0.3, 0.4) is 0 Å². The van der Waals surface area contributed by atoms with Crippen LogP contribution in [0.15, 0.2) is 24.3 Å². The minimum absolute atomic E-state index is 0.0937. The van der Waals surface area contributed by atoms with Crippen LogP contribution in [0.1, 0.15) is 63.9 Å². The second-order valence-corrected chi connectivity index (χ2v) is 9.83. The number of nitrogens with zero attached hydrogens (tertiary/aromatic N) is 1. The molecule has 1 amide bonds. The maximum Gasteiger partial charge on any atom is 0.235 e. The average Bonchev–Trinajstić information content (AvgIpc) is 2.66. The molecule has 1 fully saturated rings. The van der Waals surface area contributed by atoms with Gasteiger partial charge in [0.15, 0.2) is 9.84 Å². The first kappa shape index (κ1) is 21.7. The molecule has 152 valence electrons. The lowest BCUT2D eigenvalue weighted by Gasteiger charge is -2.33. The summed E-state index contributed by atoms with van der Waals surface area (Å²) in [5, 5.41) is 2.73. The lowest BCUT2D eigenvalue weighted by Crippen LogP contribution is -2.33. The monoisotopic (exact) mass is 394 g/mol. The number of anilines is 1. The van der Waals surface area contributed by atoms with E-state index in [1.807, 2.05) is 19.1 Å². The summed E-state index contributed by atoms with van der Waals surface area (Å²) in [6.07, 6.45) is 8.93. The molecule has 1 saturated carbocycles. The topological polar surface area (TPSA) is 66.5 Å². The zero-order valence-electron chi connectivity index (χ0n) is 16.7. The second kappa shape index (κ2) is 10.7. The molecule has 0 aromatic heterocycles. The lowest BCUT2D eigenvalue weighted by atomic mass is 9.94. The Morgan fingerprint density at radius 2 is 1.78 bits per heavy atom. The molecule has 1 aliphatic rings. The lowest BCUT2D eigenvalue weighted by molar-refractivity contribution is -0.118. The van der Waals surface area contributed by atoms with Gasteiger partial charge in [-0.25, -0.2) is 8.42 Å². The molecule has 0 spiro atoms. The summed E-state index contributed by atoms with van der Waals surface area (Å²) in [4.78, 5) is 14.3. The number of benzene rings is 1. The number of hydrogen-bond donors (Lipinski definition) is 1. The summed E-state index contributed by atoms with van der Waals surface area (Å²) >= 11 is 0. The van der Waals surface area contributed by atoms with Crippen LogP contribution >= 0.6 is 0 Å². The SMILES string of the molecule is CCCCCS(=O)(=O)CC(=O)NCc1ccc(N(C)C2CCCCC2)cc1. The van der Waals surface area contributed by atoms with Gasteiger partial charge in [0.1, 0.15) is 5.75 Å². The Morgan fingerprint density at radius 3 is 2.41 bits per heavy atom. The maximum absolute atomic E-state index is 11.9. The van der Waals surface area contributed by atoms with Crippen molar-refractivity contribution in [2.24, 2.45) is 0 Å². The Bertz CT molecular complexity index is 680. The predicted molar refractivity (Wildman–Crippen MR) is 112 cm³/mol. The number of rotatable bonds is 10. The van der Waals surface area contributed by atoms with Crippen LogP contribution in [0.2, 0.25) is 0 Å². The van der Waals surface area contributed by atoms with E-state index in [1.54, 1.807) is 0 Å². The van der Waals surface area contributed by atoms with Gasteiger partial charge < -0.3 is 10.2 Å². The molecule has 27 heavy (non-hydrogen) atoms. The smallest absolute Gasteiger partial charge is 0.235 e. The van der Waals surface area contributed by atoms with Crippen LogP contribution in [0, 0.1) is 0 Å². The molecule has 0 aliphatic heterocycles. The molecule has 6 heteroatoms. The van der Waals surface area contributed by atoms with E-state index in [9.17, 15) is 13.2 Å². The van der Waals surface area contributed by atoms with Crippen molar-refractivity contribution in [3.63, 3.8) is 0 Å². The molecule has 0 saturated heterocycles. The predicted octanol–water partition coefficient (Wildman–Crippen LogP) is 3.68. The van der Waals surface area contributed by atoms with E-state index in [0.29, 0.717) is 19.0 Å². The van der Waals surface area contributed by atoms with E-state index in [4.69, 9.17) is 0 Å². The van der Waals surface area contributed by atoms with E-state index in [1.165, 1.54) is 37.8 Å². The number of sulfone groups is 1. The van der Waals surface area contributed by atoms with Crippen molar-refractivity contribution in [2.45, 2.75) is 70.9 Å². The fourth-order valence-electron chi connectivity index (χ4n) is 3.62. The number of carbonyl (C=O) groups excluding carboxylic acids is 1. The molecule has 0 heterocycles. The number of amides is 1. The van der Waals surface area contributed by atoms with Crippen LogP contribution in [0.5, 0.6) is 0 Å². The summed E-state index contributed by atoms with van der Waals surface area (Å²) in [7, 11) is -1.16. The minimum Gasteiger partial charge on any atom is -0.372 e. The molecule has 2 rings (SSSR count). The van der Waals surface area contributed by atoms with Crippen molar-refractivity contribution in [1.29, 1.82) is 0 Å². The van der Waals surface area contributed by atoms with E-state index in [0.717, 1.165) is 18.4 Å². The molecular formula is C21H34N2O3S. The molecule has 0 bridgehead atoms. The van der Waals surface area contributed by atoms with Gasteiger partial charge in [-0.2, -0.15) is 0 Å².